The number of carbonyl (C=O) groups is 3. The summed E-state index contributed by atoms with van der Waals surface area (Å²) in [4.78, 5) is 38.2. The van der Waals surface area contributed by atoms with Gasteiger partial charge >= 0.3 is 0 Å². The molecule has 28 heavy (non-hydrogen) atoms. The minimum Gasteiger partial charge on any atom is -0.456 e. The maximum absolute atomic E-state index is 12.4. The first-order chi connectivity index (χ1) is 13.4. The zero-order valence-corrected chi connectivity index (χ0v) is 16.2. The zero-order valence-electron chi connectivity index (χ0n) is 16.2. The number of aryl methyl sites for hydroxylation is 1. The van der Waals surface area contributed by atoms with E-state index in [9.17, 15) is 14.4 Å². The van der Waals surface area contributed by atoms with Gasteiger partial charge in [-0.3, -0.25) is 19.3 Å². The Kier molecular flexibility index (Phi) is 6.26. The molecule has 2 amide bonds. The van der Waals surface area contributed by atoms with Gasteiger partial charge in [0.05, 0.1) is 12.2 Å². The highest BCUT2D eigenvalue weighted by molar-refractivity contribution is 6.04. The SMILES string of the molecule is CC(=O)c1ccccc1NC(=O)CN1CCC(NC(=O)c2ccc(C)o2)CC1. The molecule has 7 heteroatoms. The van der Waals surface area contributed by atoms with Crippen LogP contribution in [0.15, 0.2) is 40.8 Å². The minimum atomic E-state index is -0.204. The van der Waals surface area contributed by atoms with E-state index >= 15 is 0 Å². The van der Waals surface area contributed by atoms with Gasteiger partial charge in [0.25, 0.3) is 5.91 Å². The predicted molar refractivity (Wildman–Crippen MR) is 105 cm³/mol. The van der Waals surface area contributed by atoms with Gasteiger partial charge in [0, 0.05) is 24.7 Å². The number of hydrogen-bond donors (Lipinski definition) is 2. The van der Waals surface area contributed by atoms with Crippen LogP contribution >= 0.6 is 0 Å². The highest BCUT2D eigenvalue weighted by atomic mass is 16.3. The Morgan fingerprint density at radius 3 is 2.46 bits per heavy atom. The quantitative estimate of drug-likeness (QED) is 0.748. The van der Waals surface area contributed by atoms with E-state index in [1.54, 1.807) is 43.3 Å². The van der Waals surface area contributed by atoms with Gasteiger partial charge in [-0.05, 0) is 51.0 Å². The van der Waals surface area contributed by atoms with Gasteiger partial charge in [0.1, 0.15) is 5.76 Å². The van der Waals surface area contributed by atoms with E-state index in [0.717, 1.165) is 12.8 Å². The van der Waals surface area contributed by atoms with Crippen LogP contribution in [0, 0.1) is 6.92 Å². The second kappa shape index (κ2) is 8.84. The molecule has 0 aliphatic carbocycles. The molecule has 0 spiro atoms. The van der Waals surface area contributed by atoms with Crippen LogP contribution in [-0.4, -0.2) is 48.2 Å². The van der Waals surface area contributed by atoms with Crippen molar-refractivity contribution >= 4 is 23.3 Å². The van der Waals surface area contributed by atoms with Crippen molar-refractivity contribution in [1.29, 1.82) is 0 Å². The van der Waals surface area contributed by atoms with Gasteiger partial charge in [-0.1, -0.05) is 12.1 Å². The molecule has 2 heterocycles. The summed E-state index contributed by atoms with van der Waals surface area (Å²) in [7, 11) is 0. The Morgan fingerprint density at radius 1 is 1.11 bits per heavy atom. The summed E-state index contributed by atoms with van der Waals surface area (Å²) in [5.74, 6) is 0.590. The number of rotatable bonds is 6. The second-order valence-electron chi connectivity index (χ2n) is 7.08. The van der Waals surface area contributed by atoms with Gasteiger partial charge in [-0.2, -0.15) is 0 Å². The summed E-state index contributed by atoms with van der Waals surface area (Å²) in [5.41, 5.74) is 1.04. The van der Waals surface area contributed by atoms with E-state index in [4.69, 9.17) is 4.42 Å². The van der Waals surface area contributed by atoms with Crippen LogP contribution in [0.5, 0.6) is 0 Å². The van der Waals surface area contributed by atoms with E-state index in [-0.39, 0.29) is 30.2 Å². The predicted octanol–water partition coefficient (Wildman–Crippen LogP) is 2.62. The molecule has 0 atom stereocenters. The molecule has 1 aromatic heterocycles. The Labute approximate surface area is 164 Å². The number of ketones is 1. The summed E-state index contributed by atoms with van der Waals surface area (Å²) >= 11 is 0. The molecule has 148 valence electrons. The molecule has 0 radical (unpaired) electrons. The molecule has 1 fully saturated rings. The molecule has 1 aromatic carbocycles. The van der Waals surface area contributed by atoms with Crippen LogP contribution in [0.3, 0.4) is 0 Å². The van der Waals surface area contributed by atoms with E-state index in [2.05, 4.69) is 10.6 Å². The molecule has 2 aromatic rings. The standard InChI is InChI=1S/C21H25N3O4/c1-14-7-8-19(28-14)21(27)22-16-9-11-24(12-10-16)13-20(26)23-18-6-4-3-5-17(18)15(2)25/h3-8,16H,9-13H2,1-2H3,(H,22,27)(H,23,26). The Balaban J connectivity index is 1.46. The van der Waals surface area contributed by atoms with Crippen LogP contribution in [0.4, 0.5) is 5.69 Å². The molecule has 0 unspecified atom stereocenters. The average molecular weight is 383 g/mol. The van der Waals surface area contributed by atoms with Crippen LogP contribution in [0.2, 0.25) is 0 Å². The first-order valence-electron chi connectivity index (χ1n) is 9.42. The van der Waals surface area contributed by atoms with Crippen molar-refractivity contribution < 1.29 is 18.8 Å². The number of amides is 2. The lowest BCUT2D eigenvalue weighted by Gasteiger charge is -2.31. The fourth-order valence-corrected chi connectivity index (χ4v) is 3.34. The molecule has 0 saturated carbocycles. The van der Waals surface area contributed by atoms with Crippen molar-refractivity contribution in [1.82, 2.24) is 10.2 Å². The number of Topliss-reactive ketones (excluding diaryl/α,β-unsaturated/α-hetero) is 1. The minimum absolute atomic E-state index is 0.0654. The molecule has 7 nitrogen and oxygen atoms in total. The van der Waals surface area contributed by atoms with Crippen molar-refractivity contribution in [2.24, 2.45) is 0 Å². The summed E-state index contributed by atoms with van der Waals surface area (Å²) in [6.45, 7) is 4.96. The van der Waals surface area contributed by atoms with E-state index < -0.39 is 0 Å². The summed E-state index contributed by atoms with van der Waals surface area (Å²) in [6.07, 6.45) is 1.53. The number of hydrogen-bond acceptors (Lipinski definition) is 5. The number of carbonyl (C=O) groups excluding carboxylic acids is 3. The first-order valence-corrected chi connectivity index (χ1v) is 9.42. The van der Waals surface area contributed by atoms with Crippen LogP contribution in [0.1, 0.15) is 46.4 Å². The average Bonchev–Trinajstić information content (AvgIpc) is 3.10. The van der Waals surface area contributed by atoms with E-state index in [0.29, 0.717) is 35.9 Å². The molecule has 3 rings (SSSR count). The largest absolute Gasteiger partial charge is 0.456 e. The van der Waals surface area contributed by atoms with E-state index in [1.807, 2.05) is 4.90 Å². The van der Waals surface area contributed by atoms with Crippen LogP contribution in [0.25, 0.3) is 0 Å². The lowest BCUT2D eigenvalue weighted by Crippen LogP contribution is -2.46. The molecule has 2 N–H and O–H groups in total. The summed E-state index contributed by atoms with van der Waals surface area (Å²) in [5, 5.41) is 5.81. The Morgan fingerprint density at radius 2 is 1.82 bits per heavy atom. The molecule has 1 aliphatic rings. The number of anilines is 1. The number of likely N-dealkylation sites (tertiary alicyclic amines) is 1. The highest BCUT2D eigenvalue weighted by Gasteiger charge is 2.23. The maximum atomic E-state index is 12.4. The topological polar surface area (TPSA) is 91.7 Å². The van der Waals surface area contributed by atoms with Crippen molar-refractivity contribution in [3.63, 3.8) is 0 Å². The lowest BCUT2D eigenvalue weighted by atomic mass is 10.0. The van der Waals surface area contributed by atoms with Gasteiger partial charge in [-0.15, -0.1) is 0 Å². The van der Waals surface area contributed by atoms with Gasteiger partial charge in [0.2, 0.25) is 5.91 Å². The van der Waals surface area contributed by atoms with Crippen molar-refractivity contribution in [3.8, 4) is 0 Å². The molecule has 1 saturated heterocycles. The number of piperidine rings is 1. The highest BCUT2D eigenvalue weighted by Crippen LogP contribution is 2.16. The second-order valence-corrected chi connectivity index (χ2v) is 7.08. The normalized spacial score (nSPS) is 15.2. The number of nitrogens with one attached hydrogen (secondary N) is 2. The molecule has 1 aliphatic heterocycles. The third-order valence-corrected chi connectivity index (χ3v) is 4.83. The van der Waals surface area contributed by atoms with Gasteiger partial charge < -0.3 is 15.1 Å². The summed E-state index contributed by atoms with van der Waals surface area (Å²) < 4.78 is 5.34. The number of para-hydroxylation sites is 1. The number of nitrogens with zero attached hydrogens (tertiary/aromatic N) is 1. The number of benzene rings is 1. The fourth-order valence-electron chi connectivity index (χ4n) is 3.34. The maximum Gasteiger partial charge on any atom is 0.287 e. The fraction of sp³-hybridized carbons (Fsp3) is 0.381. The third-order valence-electron chi connectivity index (χ3n) is 4.83. The molecular formula is C21H25N3O4. The molecular weight excluding hydrogens is 358 g/mol. The first kappa shape index (κ1) is 19.8. The van der Waals surface area contributed by atoms with Crippen molar-refractivity contribution in [2.45, 2.75) is 32.7 Å². The van der Waals surface area contributed by atoms with Crippen LogP contribution in [-0.2, 0) is 4.79 Å². The lowest BCUT2D eigenvalue weighted by molar-refractivity contribution is -0.117. The third kappa shape index (κ3) is 5.07. The zero-order chi connectivity index (χ0) is 20.1. The van der Waals surface area contributed by atoms with Gasteiger partial charge in [0.15, 0.2) is 11.5 Å². The van der Waals surface area contributed by atoms with Gasteiger partial charge in [-0.25, -0.2) is 0 Å². The van der Waals surface area contributed by atoms with Crippen LogP contribution < -0.4 is 10.6 Å². The molecule has 0 bridgehead atoms. The Hall–Kier alpha value is -2.93. The van der Waals surface area contributed by atoms with E-state index in [1.165, 1.54) is 6.92 Å². The number of furan rings is 1. The van der Waals surface area contributed by atoms with Crippen molar-refractivity contribution in [3.05, 3.63) is 53.5 Å². The Bertz CT molecular complexity index is 866. The monoisotopic (exact) mass is 383 g/mol. The smallest absolute Gasteiger partial charge is 0.287 e. The van der Waals surface area contributed by atoms with Crippen molar-refractivity contribution in [2.75, 3.05) is 25.0 Å². The summed E-state index contributed by atoms with van der Waals surface area (Å²) in [6, 6.07) is 10.5.